The zero-order chi connectivity index (χ0) is 15.5. The third-order valence-corrected chi connectivity index (χ3v) is 5.63. The number of rotatable bonds is 5. The van der Waals surface area contributed by atoms with Crippen LogP contribution in [0.4, 0.5) is 0 Å². The summed E-state index contributed by atoms with van der Waals surface area (Å²) < 4.78 is 1.07. The van der Waals surface area contributed by atoms with Crippen molar-refractivity contribution in [3.05, 3.63) is 28.8 Å². The number of likely N-dealkylation sites (tertiary alicyclic amines) is 1. The van der Waals surface area contributed by atoms with Crippen molar-refractivity contribution in [1.82, 2.24) is 9.88 Å². The zero-order valence-corrected chi connectivity index (χ0v) is 13.9. The number of aromatic nitrogens is 1. The molecule has 5 heteroatoms. The molecule has 0 radical (unpaired) electrons. The summed E-state index contributed by atoms with van der Waals surface area (Å²) in [6.45, 7) is 5.82. The molecule has 1 fully saturated rings. The maximum Gasteiger partial charge on any atom is 0.248 e. The number of fused-ring (bicyclic) bond motifs is 1. The van der Waals surface area contributed by atoms with Gasteiger partial charge in [0.15, 0.2) is 0 Å². The monoisotopic (exact) mass is 317 g/mol. The quantitative estimate of drug-likeness (QED) is 0.919. The van der Waals surface area contributed by atoms with Crippen LogP contribution in [0.5, 0.6) is 0 Å². The van der Waals surface area contributed by atoms with Crippen molar-refractivity contribution in [2.75, 3.05) is 19.6 Å². The highest BCUT2D eigenvalue weighted by Gasteiger charge is 2.23. The SMILES string of the molecule is CCCCN1CCC(c2nc3ccc(C(N)=O)cc3s2)CC1. The van der Waals surface area contributed by atoms with Crippen molar-refractivity contribution < 1.29 is 4.79 Å². The molecule has 1 amide bonds. The van der Waals surface area contributed by atoms with Gasteiger partial charge >= 0.3 is 0 Å². The van der Waals surface area contributed by atoms with Gasteiger partial charge in [-0.2, -0.15) is 0 Å². The van der Waals surface area contributed by atoms with Gasteiger partial charge in [0.25, 0.3) is 0 Å². The highest BCUT2D eigenvalue weighted by atomic mass is 32.1. The minimum absolute atomic E-state index is 0.374. The maximum atomic E-state index is 11.3. The fourth-order valence-corrected chi connectivity index (χ4v) is 4.23. The van der Waals surface area contributed by atoms with E-state index in [-0.39, 0.29) is 5.91 Å². The number of nitrogens with two attached hydrogens (primary N) is 1. The Kier molecular flexibility index (Phi) is 4.74. The number of carbonyl (C=O) groups excluding carboxylic acids is 1. The first kappa shape index (κ1) is 15.4. The Labute approximate surface area is 135 Å². The Hall–Kier alpha value is -1.46. The van der Waals surface area contributed by atoms with E-state index in [4.69, 9.17) is 10.7 Å². The summed E-state index contributed by atoms with van der Waals surface area (Å²) in [6, 6.07) is 5.54. The van der Waals surface area contributed by atoms with Crippen LogP contribution in [0.3, 0.4) is 0 Å². The third kappa shape index (κ3) is 3.31. The molecule has 1 aliphatic heterocycles. The first-order chi connectivity index (χ1) is 10.7. The molecule has 1 aromatic carbocycles. The smallest absolute Gasteiger partial charge is 0.248 e. The Bertz CT molecular complexity index is 659. The number of primary amides is 1. The number of unbranched alkanes of at least 4 members (excludes halogenated alkanes) is 1. The van der Waals surface area contributed by atoms with Crippen molar-refractivity contribution in [2.24, 2.45) is 5.73 Å². The van der Waals surface area contributed by atoms with Gasteiger partial charge in [0.05, 0.1) is 15.2 Å². The number of piperidine rings is 1. The van der Waals surface area contributed by atoms with Crippen LogP contribution in [-0.4, -0.2) is 35.4 Å². The molecule has 0 unspecified atom stereocenters. The van der Waals surface area contributed by atoms with Crippen molar-refractivity contribution in [2.45, 2.75) is 38.5 Å². The van der Waals surface area contributed by atoms with E-state index in [9.17, 15) is 4.79 Å². The number of hydrogen-bond donors (Lipinski definition) is 1. The van der Waals surface area contributed by atoms with Gasteiger partial charge in [-0.05, 0) is 57.1 Å². The van der Waals surface area contributed by atoms with E-state index in [1.807, 2.05) is 12.1 Å². The van der Waals surface area contributed by atoms with Gasteiger partial charge in [-0.3, -0.25) is 4.79 Å². The highest BCUT2D eigenvalue weighted by Crippen LogP contribution is 2.34. The summed E-state index contributed by atoms with van der Waals surface area (Å²) in [4.78, 5) is 18.6. The molecule has 22 heavy (non-hydrogen) atoms. The van der Waals surface area contributed by atoms with Gasteiger partial charge < -0.3 is 10.6 Å². The lowest BCUT2D eigenvalue weighted by Crippen LogP contribution is -2.33. The molecule has 1 saturated heterocycles. The summed E-state index contributed by atoms with van der Waals surface area (Å²) in [7, 11) is 0. The van der Waals surface area contributed by atoms with Crippen LogP contribution in [0, 0.1) is 0 Å². The molecule has 1 aromatic heterocycles. The maximum absolute atomic E-state index is 11.3. The minimum Gasteiger partial charge on any atom is -0.366 e. The summed E-state index contributed by atoms with van der Waals surface area (Å²) in [5, 5.41) is 1.21. The number of benzene rings is 1. The Morgan fingerprint density at radius 2 is 2.18 bits per heavy atom. The second-order valence-electron chi connectivity index (χ2n) is 6.07. The molecule has 2 N–H and O–H groups in total. The van der Waals surface area contributed by atoms with Gasteiger partial charge in [-0.25, -0.2) is 4.98 Å². The third-order valence-electron chi connectivity index (χ3n) is 4.45. The standard InChI is InChI=1S/C17H23N3OS/c1-2-3-8-20-9-6-12(7-10-20)17-19-14-5-4-13(16(18)21)11-15(14)22-17/h4-5,11-12H,2-3,6-10H2,1H3,(H2,18,21). The number of thiazole rings is 1. The van der Waals surface area contributed by atoms with E-state index in [1.165, 1.54) is 50.3 Å². The second-order valence-corrected chi connectivity index (χ2v) is 7.13. The summed E-state index contributed by atoms with van der Waals surface area (Å²) in [6.07, 6.45) is 4.93. The fraction of sp³-hybridized carbons (Fsp3) is 0.529. The van der Waals surface area contributed by atoms with Crippen LogP contribution in [0.25, 0.3) is 10.2 Å². The number of carbonyl (C=O) groups is 1. The summed E-state index contributed by atoms with van der Waals surface area (Å²) in [5.41, 5.74) is 6.90. The number of nitrogens with zero attached hydrogens (tertiary/aromatic N) is 2. The molecule has 1 aliphatic rings. The zero-order valence-electron chi connectivity index (χ0n) is 13.0. The van der Waals surface area contributed by atoms with E-state index in [2.05, 4.69) is 11.8 Å². The van der Waals surface area contributed by atoms with E-state index < -0.39 is 0 Å². The predicted octanol–water partition coefficient (Wildman–Crippen LogP) is 3.37. The lowest BCUT2D eigenvalue weighted by Gasteiger charge is -2.30. The minimum atomic E-state index is -0.374. The van der Waals surface area contributed by atoms with Crippen molar-refractivity contribution in [1.29, 1.82) is 0 Å². The molecular weight excluding hydrogens is 294 g/mol. The molecule has 0 spiro atoms. The average molecular weight is 317 g/mol. The van der Waals surface area contributed by atoms with Crippen LogP contribution in [-0.2, 0) is 0 Å². The summed E-state index contributed by atoms with van der Waals surface area (Å²) >= 11 is 1.72. The molecular formula is C17H23N3OS. The number of hydrogen-bond acceptors (Lipinski definition) is 4. The van der Waals surface area contributed by atoms with E-state index in [1.54, 1.807) is 17.4 Å². The van der Waals surface area contributed by atoms with Gasteiger partial charge in [0.2, 0.25) is 5.91 Å². The van der Waals surface area contributed by atoms with Crippen LogP contribution in [0.15, 0.2) is 18.2 Å². The van der Waals surface area contributed by atoms with E-state index >= 15 is 0 Å². The first-order valence-electron chi connectivity index (χ1n) is 8.10. The van der Waals surface area contributed by atoms with Gasteiger partial charge in [-0.15, -0.1) is 11.3 Å². The van der Waals surface area contributed by atoms with Crippen molar-refractivity contribution >= 4 is 27.5 Å². The second kappa shape index (κ2) is 6.75. The van der Waals surface area contributed by atoms with Crippen molar-refractivity contribution in [3.8, 4) is 0 Å². The molecule has 0 aliphatic carbocycles. The molecule has 3 rings (SSSR count). The topological polar surface area (TPSA) is 59.2 Å². The molecule has 118 valence electrons. The first-order valence-corrected chi connectivity index (χ1v) is 8.91. The molecule has 2 aromatic rings. The van der Waals surface area contributed by atoms with E-state index in [0.29, 0.717) is 11.5 Å². The average Bonchev–Trinajstić information content (AvgIpc) is 2.96. The Balaban J connectivity index is 1.70. The Morgan fingerprint density at radius 3 is 2.86 bits per heavy atom. The lowest BCUT2D eigenvalue weighted by atomic mass is 9.97. The Morgan fingerprint density at radius 1 is 1.41 bits per heavy atom. The highest BCUT2D eigenvalue weighted by molar-refractivity contribution is 7.18. The van der Waals surface area contributed by atoms with Gasteiger partial charge in [0, 0.05) is 11.5 Å². The van der Waals surface area contributed by atoms with Gasteiger partial charge in [0.1, 0.15) is 0 Å². The normalized spacial score (nSPS) is 17.1. The number of amides is 1. The molecule has 0 saturated carbocycles. The van der Waals surface area contributed by atoms with Crippen molar-refractivity contribution in [3.63, 3.8) is 0 Å². The lowest BCUT2D eigenvalue weighted by molar-refractivity contribution is 0.100. The molecule has 2 heterocycles. The molecule has 0 atom stereocenters. The summed E-state index contributed by atoms with van der Waals surface area (Å²) in [5.74, 6) is 0.188. The molecule has 4 nitrogen and oxygen atoms in total. The predicted molar refractivity (Wildman–Crippen MR) is 91.5 cm³/mol. The van der Waals surface area contributed by atoms with Crippen LogP contribution in [0.2, 0.25) is 0 Å². The molecule has 0 bridgehead atoms. The van der Waals surface area contributed by atoms with Crippen LogP contribution >= 0.6 is 11.3 Å². The van der Waals surface area contributed by atoms with Crippen LogP contribution in [0.1, 0.15) is 53.9 Å². The van der Waals surface area contributed by atoms with Crippen LogP contribution < -0.4 is 5.73 Å². The largest absolute Gasteiger partial charge is 0.366 e. The fourth-order valence-electron chi connectivity index (χ4n) is 3.06. The van der Waals surface area contributed by atoms with E-state index in [0.717, 1.165) is 10.2 Å². The van der Waals surface area contributed by atoms with Gasteiger partial charge in [-0.1, -0.05) is 13.3 Å².